The molecule has 1 saturated carbocycles. The number of hydrogen-bond acceptors (Lipinski definition) is 5. The highest BCUT2D eigenvalue weighted by atomic mass is 16.6. The fourth-order valence-corrected chi connectivity index (χ4v) is 2.04. The van der Waals surface area contributed by atoms with Crippen LogP contribution < -0.4 is 10.1 Å². The first-order chi connectivity index (χ1) is 9.63. The number of nitrogens with one attached hydrogen (secondary N) is 1. The van der Waals surface area contributed by atoms with Gasteiger partial charge in [-0.05, 0) is 37.3 Å². The van der Waals surface area contributed by atoms with E-state index in [2.05, 4.69) is 5.32 Å². The SMILES string of the molecule is CCCOc1cccc(NCC(O)C2CC2)c1[N+](=O)[O-]. The van der Waals surface area contributed by atoms with Gasteiger partial charge >= 0.3 is 5.69 Å². The number of anilines is 1. The summed E-state index contributed by atoms with van der Waals surface area (Å²) >= 11 is 0. The molecule has 2 rings (SSSR count). The molecule has 0 radical (unpaired) electrons. The Bertz CT molecular complexity index is 474. The van der Waals surface area contributed by atoms with E-state index in [1.807, 2.05) is 6.92 Å². The summed E-state index contributed by atoms with van der Waals surface area (Å²) in [5, 5.41) is 24.0. The van der Waals surface area contributed by atoms with Crippen molar-refractivity contribution in [1.82, 2.24) is 0 Å². The zero-order valence-electron chi connectivity index (χ0n) is 11.5. The minimum absolute atomic E-state index is 0.0658. The van der Waals surface area contributed by atoms with Crippen LogP contribution in [0.15, 0.2) is 18.2 Å². The zero-order chi connectivity index (χ0) is 14.5. The van der Waals surface area contributed by atoms with E-state index in [-0.39, 0.29) is 11.4 Å². The minimum Gasteiger partial charge on any atom is -0.487 e. The molecule has 2 N–H and O–H groups in total. The van der Waals surface area contributed by atoms with Gasteiger partial charge in [-0.25, -0.2) is 0 Å². The first kappa shape index (κ1) is 14.6. The first-order valence-corrected chi connectivity index (χ1v) is 6.95. The van der Waals surface area contributed by atoms with Crippen LogP contribution in [0.4, 0.5) is 11.4 Å². The molecule has 1 aromatic rings. The normalized spacial score (nSPS) is 15.7. The fourth-order valence-electron chi connectivity index (χ4n) is 2.04. The Morgan fingerprint density at radius 2 is 2.30 bits per heavy atom. The summed E-state index contributed by atoms with van der Waals surface area (Å²) in [7, 11) is 0. The summed E-state index contributed by atoms with van der Waals surface area (Å²) in [6.45, 7) is 2.71. The maximum Gasteiger partial charge on any atom is 0.333 e. The predicted octanol–water partition coefficient (Wildman–Crippen LogP) is 2.57. The van der Waals surface area contributed by atoms with E-state index < -0.39 is 11.0 Å². The van der Waals surface area contributed by atoms with Gasteiger partial charge in [0.25, 0.3) is 0 Å². The third kappa shape index (κ3) is 3.60. The van der Waals surface area contributed by atoms with Crippen molar-refractivity contribution in [3.05, 3.63) is 28.3 Å². The molecule has 1 unspecified atom stereocenters. The molecule has 0 heterocycles. The van der Waals surface area contributed by atoms with Gasteiger partial charge in [-0.3, -0.25) is 10.1 Å². The van der Waals surface area contributed by atoms with E-state index in [9.17, 15) is 15.2 Å². The Labute approximate surface area is 117 Å². The number of hydrogen-bond donors (Lipinski definition) is 2. The van der Waals surface area contributed by atoms with E-state index in [1.165, 1.54) is 0 Å². The molecule has 6 heteroatoms. The lowest BCUT2D eigenvalue weighted by Gasteiger charge is -2.13. The Morgan fingerprint density at radius 3 is 2.90 bits per heavy atom. The third-order valence-corrected chi connectivity index (χ3v) is 3.31. The molecule has 6 nitrogen and oxygen atoms in total. The number of para-hydroxylation sites is 1. The Kier molecular flexibility index (Phi) is 4.79. The first-order valence-electron chi connectivity index (χ1n) is 6.95. The number of aliphatic hydroxyl groups is 1. The molecule has 0 amide bonds. The second-order valence-corrected chi connectivity index (χ2v) is 5.04. The summed E-state index contributed by atoms with van der Waals surface area (Å²) < 4.78 is 5.41. The predicted molar refractivity (Wildman–Crippen MR) is 76.1 cm³/mol. The molecule has 1 aliphatic rings. The standard InChI is InChI=1S/C14H20N2O4/c1-2-8-20-13-5-3-4-11(14(13)16(18)19)15-9-12(17)10-6-7-10/h3-5,10,12,15,17H,2,6-9H2,1H3. The van der Waals surface area contributed by atoms with E-state index >= 15 is 0 Å². The van der Waals surface area contributed by atoms with Gasteiger partial charge in [0.1, 0.15) is 5.69 Å². The van der Waals surface area contributed by atoms with Crippen molar-refractivity contribution in [1.29, 1.82) is 0 Å². The molecule has 0 aliphatic heterocycles. The molecule has 0 saturated heterocycles. The number of rotatable bonds is 8. The van der Waals surface area contributed by atoms with Crippen molar-refractivity contribution < 1.29 is 14.8 Å². The lowest BCUT2D eigenvalue weighted by Crippen LogP contribution is -2.21. The molecule has 1 atom stereocenters. The highest BCUT2D eigenvalue weighted by molar-refractivity contribution is 5.68. The number of nitrogens with zero attached hydrogens (tertiary/aromatic N) is 1. The quantitative estimate of drug-likeness (QED) is 0.564. The Balaban J connectivity index is 2.11. The molecule has 110 valence electrons. The second-order valence-electron chi connectivity index (χ2n) is 5.04. The van der Waals surface area contributed by atoms with Crippen LogP contribution in [0.25, 0.3) is 0 Å². The average molecular weight is 280 g/mol. The van der Waals surface area contributed by atoms with Crippen LogP contribution in [-0.4, -0.2) is 29.3 Å². The van der Waals surface area contributed by atoms with Crippen molar-refractivity contribution >= 4 is 11.4 Å². The highest BCUT2D eigenvalue weighted by Gasteiger charge is 2.30. The monoisotopic (exact) mass is 280 g/mol. The van der Waals surface area contributed by atoms with Gasteiger partial charge in [0.15, 0.2) is 5.75 Å². The van der Waals surface area contributed by atoms with Gasteiger partial charge in [-0.15, -0.1) is 0 Å². The Morgan fingerprint density at radius 1 is 1.55 bits per heavy atom. The van der Waals surface area contributed by atoms with Crippen LogP contribution in [0.3, 0.4) is 0 Å². The zero-order valence-corrected chi connectivity index (χ0v) is 11.5. The molecular formula is C14H20N2O4. The Hall–Kier alpha value is -1.82. The van der Waals surface area contributed by atoms with Crippen LogP contribution in [0, 0.1) is 16.0 Å². The van der Waals surface area contributed by atoms with Crippen LogP contribution in [0.1, 0.15) is 26.2 Å². The van der Waals surface area contributed by atoms with Gasteiger partial charge in [0.05, 0.1) is 17.6 Å². The van der Waals surface area contributed by atoms with Crippen LogP contribution in [-0.2, 0) is 0 Å². The van der Waals surface area contributed by atoms with Gasteiger partial charge < -0.3 is 15.2 Å². The van der Waals surface area contributed by atoms with Crippen LogP contribution >= 0.6 is 0 Å². The van der Waals surface area contributed by atoms with Crippen LogP contribution in [0.5, 0.6) is 5.75 Å². The largest absolute Gasteiger partial charge is 0.487 e. The van der Waals surface area contributed by atoms with Gasteiger partial charge in [-0.2, -0.15) is 0 Å². The molecule has 0 aromatic heterocycles. The fraction of sp³-hybridized carbons (Fsp3) is 0.571. The van der Waals surface area contributed by atoms with Crippen molar-refractivity contribution in [2.75, 3.05) is 18.5 Å². The minimum atomic E-state index is -0.449. The molecule has 20 heavy (non-hydrogen) atoms. The molecular weight excluding hydrogens is 260 g/mol. The number of benzene rings is 1. The summed E-state index contributed by atoms with van der Waals surface area (Å²) in [6, 6.07) is 4.94. The van der Waals surface area contributed by atoms with Gasteiger partial charge in [0.2, 0.25) is 0 Å². The summed E-state index contributed by atoms with van der Waals surface area (Å²) in [5.74, 6) is 0.601. The molecule has 1 aliphatic carbocycles. The number of aliphatic hydroxyl groups excluding tert-OH is 1. The lowest BCUT2D eigenvalue weighted by molar-refractivity contribution is -0.385. The molecule has 0 bridgehead atoms. The summed E-state index contributed by atoms with van der Waals surface area (Å²) in [6.07, 6.45) is 2.40. The van der Waals surface area contributed by atoms with Crippen molar-refractivity contribution in [2.45, 2.75) is 32.3 Å². The van der Waals surface area contributed by atoms with Crippen molar-refractivity contribution in [3.8, 4) is 5.75 Å². The summed E-state index contributed by atoms with van der Waals surface area (Å²) in [4.78, 5) is 10.8. The van der Waals surface area contributed by atoms with E-state index in [0.717, 1.165) is 19.3 Å². The highest BCUT2D eigenvalue weighted by Crippen LogP contribution is 2.36. The van der Waals surface area contributed by atoms with Gasteiger partial charge in [0, 0.05) is 6.54 Å². The maximum atomic E-state index is 11.2. The summed E-state index contributed by atoms with van der Waals surface area (Å²) in [5.41, 5.74) is 0.326. The van der Waals surface area contributed by atoms with E-state index in [4.69, 9.17) is 4.74 Å². The van der Waals surface area contributed by atoms with Crippen molar-refractivity contribution in [3.63, 3.8) is 0 Å². The molecule has 0 spiro atoms. The number of nitro benzene ring substituents is 1. The van der Waals surface area contributed by atoms with E-state index in [0.29, 0.717) is 24.8 Å². The molecule has 1 fully saturated rings. The maximum absolute atomic E-state index is 11.2. The lowest BCUT2D eigenvalue weighted by atomic mass is 10.2. The van der Waals surface area contributed by atoms with Crippen LogP contribution in [0.2, 0.25) is 0 Å². The number of ether oxygens (including phenoxy) is 1. The topological polar surface area (TPSA) is 84.6 Å². The smallest absolute Gasteiger partial charge is 0.333 e. The molecule has 1 aromatic carbocycles. The third-order valence-electron chi connectivity index (χ3n) is 3.31. The van der Waals surface area contributed by atoms with Gasteiger partial charge in [-0.1, -0.05) is 13.0 Å². The second kappa shape index (κ2) is 6.56. The number of nitro groups is 1. The average Bonchev–Trinajstić information content (AvgIpc) is 3.26. The van der Waals surface area contributed by atoms with Crippen molar-refractivity contribution in [2.24, 2.45) is 5.92 Å². The van der Waals surface area contributed by atoms with E-state index in [1.54, 1.807) is 18.2 Å².